The smallest absolute Gasteiger partial charge is 0.355 e. The molecule has 0 saturated heterocycles. The van der Waals surface area contributed by atoms with E-state index in [9.17, 15) is 17.6 Å². The zero-order valence-corrected chi connectivity index (χ0v) is 20.3. The lowest BCUT2D eigenvalue weighted by molar-refractivity contribution is -0.137. The van der Waals surface area contributed by atoms with E-state index in [0.717, 1.165) is 24.4 Å². The van der Waals surface area contributed by atoms with Crippen LogP contribution in [0.1, 0.15) is 29.4 Å². The van der Waals surface area contributed by atoms with Gasteiger partial charge in [-0.25, -0.2) is 9.38 Å². The van der Waals surface area contributed by atoms with E-state index in [1.165, 1.54) is 12.1 Å². The molecule has 0 fully saturated rings. The summed E-state index contributed by atoms with van der Waals surface area (Å²) in [4.78, 5) is 4.39. The Bertz CT molecular complexity index is 1050. The second-order valence-electron chi connectivity index (χ2n) is 7.03. The summed E-state index contributed by atoms with van der Waals surface area (Å²) in [5, 5.41) is 14.1. The number of guanidine groups is 1. The van der Waals surface area contributed by atoms with Crippen LogP contribution in [0.25, 0.3) is 0 Å². The Hall–Kier alpha value is -2.70. The van der Waals surface area contributed by atoms with Gasteiger partial charge in [0.05, 0.1) is 12.1 Å². The van der Waals surface area contributed by atoms with Crippen LogP contribution in [-0.4, -0.2) is 27.3 Å². The van der Waals surface area contributed by atoms with Crippen molar-refractivity contribution in [3.63, 3.8) is 0 Å². The minimum atomic E-state index is -4.42. The molecule has 2 N–H and O–H groups in total. The summed E-state index contributed by atoms with van der Waals surface area (Å²) in [7, 11) is 0. The van der Waals surface area contributed by atoms with Crippen LogP contribution in [0, 0.1) is 5.82 Å². The number of hydrogen-bond acceptors (Lipinski definition) is 3. The Labute approximate surface area is 206 Å². The fraction of sp³-hybridized carbons (Fsp3) is 0.318. The molecule has 0 atom stereocenters. The molecule has 1 aromatic heterocycles. The van der Waals surface area contributed by atoms with Gasteiger partial charge in [-0.05, 0) is 23.8 Å². The Morgan fingerprint density at radius 2 is 1.88 bits per heavy atom. The third kappa shape index (κ3) is 7.98. The van der Waals surface area contributed by atoms with Gasteiger partial charge in [0.15, 0.2) is 5.96 Å². The van der Waals surface area contributed by atoms with E-state index in [0.29, 0.717) is 30.2 Å². The normalized spacial score (nSPS) is 11.7. The molecule has 0 aliphatic rings. The maximum atomic E-state index is 13.9. The Kier molecular flexibility index (Phi) is 10.1. The number of hydrogen-bond donors (Lipinski definition) is 2. The Morgan fingerprint density at radius 1 is 1.09 bits per heavy atom. The van der Waals surface area contributed by atoms with E-state index in [1.807, 2.05) is 11.5 Å². The zero-order valence-electron chi connectivity index (χ0n) is 17.9. The number of aromatic nitrogens is 3. The van der Waals surface area contributed by atoms with Crippen molar-refractivity contribution in [2.24, 2.45) is 4.99 Å². The zero-order chi connectivity index (χ0) is 23.0. The van der Waals surface area contributed by atoms with Crippen molar-refractivity contribution in [3.05, 3.63) is 83.2 Å². The molecule has 11 heteroatoms. The van der Waals surface area contributed by atoms with E-state index in [-0.39, 0.29) is 42.9 Å². The predicted octanol–water partition coefficient (Wildman–Crippen LogP) is 4.55. The van der Waals surface area contributed by atoms with Gasteiger partial charge in [0.2, 0.25) is 0 Å². The van der Waals surface area contributed by atoms with Crippen molar-refractivity contribution in [3.8, 4) is 0 Å². The third-order valence-corrected chi connectivity index (χ3v) is 4.74. The van der Waals surface area contributed by atoms with Crippen LogP contribution in [0.3, 0.4) is 0 Å². The average Bonchev–Trinajstić information content (AvgIpc) is 3.23. The van der Waals surface area contributed by atoms with Gasteiger partial charge in [-0.2, -0.15) is 13.2 Å². The SMILES string of the molecule is CCc1nncn1CCNC(=NCc1cccc(C(F)(F)F)c1)NCc1ccccc1F.I. The lowest BCUT2D eigenvalue weighted by Crippen LogP contribution is -2.38. The molecule has 3 aromatic rings. The number of nitrogens with zero attached hydrogens (tertiary/aromatic N) is 4. The van der Waals surface area contributed by atoms with Crippen molar-refractivity contribution < 1.29 is 17.6 Å². The van der Waals surface area contributed by atoms with Crippen molar-refractivity contribution in [2.45, 2.75) is 39.2 Å². The summed E-state index contributed by atoms with van der Waals surface area (Å²) >= 11 is 0. The molecule has 178 valence electrons. The molecule has 0 aliphatic carbocycles. The molecule has 0 radical (unpaired) electrons. The molecule has 0 saturated carbocycles. The fourth-order valence-corrected chi connectivity index (χ4v) is 3.05. The molecule has 0 amide bonds. The van der Waals surface area contributed by atoms with Crippen LogP contribution >= 0.6 is 24.0 Å². The fourth-order valence-electron chi connectivity index (χ4n) is 3.05. The van der Waals surface area contributed by atoms with Crippen LogP contribution in [0.2, 0.25) is 0 Å². The third-order valence-electron chi connectivity index (χ3n) is 4.74. The molecule has 0 bridgehead atoms. The van der Waals surface area contributed by atoms with Crippen LogP contribution in [-0.2, 0) is 32.2 Å². The monoisotopic (exact) mass is 576 g/mol. The van der Waals surface area contributed by atoms with E-state index >= 15 is 0 Å². The summed E-state index contributed by atoms with van der Waals surface area (Å²) in [5.41, 5.74) is 0.144. The molecule has 3 rings (SSSR count). The second-order valence-corrected chi connectivity index (χ2v) is 7.03. The van der Waals surface area contributed by atoms with Crippen molar-refractivity contribution >= 4 is 29.9 Å². The van der Waals surface area contributed by atoms with Crippen LogP contribution in [0.5, 0.6) is 0 Å². The number of nitrogens with one attached hydrogen (secondary N) is 2. The topological polar surface area (TPSA) is 67.1 Å². The van der Waals surface area contributed by atoms with Gasteiger partial charge in [0.1, 0.15) is 18.0 Å². The Morgan fingerprint density at radius 3 is 2.61 bits per heavy atom. The highest BCUT2D eigenvalue weighted by molar-refractivity contribution is 14.0. The maximum absolute atomic E-state index is 13.9. The van der Waals surface area contributed by atoms with Gasteiger partial charge in [0.25, 0.3) is 0 Å². The van der Waals surface area contributed by atoms with E-state index in [4.69, 9.17) is 0 Å². The molecule has 0 unspecified atom stereocenters. The van der Waals surface area contributed by atoms with Crippen LogP contribution in [0.15, 0.2) is 59.9 Å². The second kappa shape index (κ2) is 12.5. The molecule has 0 aliphatic heterocycles. The van der Waals surface area contributed by atoms with Crippen LogP contribution in [0.4, 0.5) is 17.6 Å². The summed E-state index contributed by atoms with van der Waals surface area (Å²) in [5.74, 6) is 0.847. The highest BCUT2D eigenvalue weighted by Gasteiger charge is 2.30. The minimum Gasteiger partial charge on any atom is -0.355 e. The number of halogens is 5. The standard InChI is InChI=1S/C22H24F4N6.HI/c1-2-20-31-30-15-32(20)11-10-27-21(29-14-17-7-3-4-9-19(17)23)28-13-16-6-5-8-18(12-16)22(24,25)26;/h3-9,12,15H,2,10-11,13-14H2,1H3,(H2,27,28,29);1H. The first-order valence-corrected chi connectivity index (χ1v) is 10.1. The van der Waals surface area contributed by atoms with Crippen molar-refractivity contribution in [2.75, 3.05) is 6.54 Å². The summed E-state index contributed by atoms with van der Waals surface area (Å²) in [6, 6.07) is 11.4. The number of benzene rings is 2. The average molecular weight is 576 g/mol. The van der Waals surface area contributed by atoms with Crippen molar-refractivity contribution in [1.82, 2.24) is 25.4 Å². The molecule has 2 aromatic carbocycles. The molecular formula is C22H25F4IN6. The van der Waals surface area contributed by atoms with Gasteiger partial charge in [-0.1, -0.05) is 37.3 Å². The van der Waals surface area contributed by atoms with Gasteiger partial charge in [-0.15, -0.1) is 34.2 Å². The van der Waals surface area contributed by atoms with E-state index in [2.05, 4.69) is 25.8 Å². The first-order chi connectivity index (χ1) is 15.4. The molecular weight excluding hydrogens is 551 g/mol. The first-order valence-electron chi connectivity index (χ1n) is 10.1. The number of alkyl halides is 3. The number of aryl methyl sites for hydroxylation is 1. The lowest BCUT2D eigenvalue weighted by atomic mass is 10.1. The van der Waals surface area contributed by atoms with E-state index in [1.54, 1.807) is 30.6 Å². The number of rotatable bonds is 8. The van der Waals surface area contributed by atoms with E-state index < -0.39 is 11.7 Å². The van der Waals surface area contributed by atoms with Gasteiger partial charge < -0.3 is 15.2 Å². The molecule has 1 heterocycles. The minimum absolute atomic E-state index is 0. The summed E-state index contributed by atoms with van der Waals surface area (Å²) < 4.78 is 54.7. The predicted molar refractivity (Wildman–Crippen MR) is 129 cm³/mol. The van der Waals surface area contributed by atoms with Crippen molar-refractivity contribution in [1.29, 1.82) is 0 Å². The van der Waals surface area contributed by atoms with Gasteiger partial charge >= 0.3 is 6.18 Å². The molecule has 6 nitrogen and oxygen atoms in total. The quantitative estimate of drug-likeness (QED) is 0.179. The maximum Gasteiger partial charge on any atom is 0.416 e. The highest BCUT2D eigenvalue weighted by Crippen LogP contribution is 2.29. The Balaban J connectivity index is 0.00000385. The van der Waals surface area contributed by atoms with Gasteiger partial charge in [-0.3, -0.25) is 0 Å². The molecule has 33 heavy (non-hydrogen) atoms. The van der Waals surface area contributed by atoms with Gasteiger partial charge in [0, 0.05) is 31.6 Å². The van der Waals surface area contributed by atoms with Crippen LogP contribution < -0.4 is 10.6 Å². The first kappa shape index (κ1) is 26.6. The largest absolute Gasteiger partial charge is 0.416 e. The lowest BCUT2D eigenvalue weighted by Gasteiger charge is -2.14. The summed E-state index contributed by atoms with van der Waals surface area (Å²) in [6.45, 7) is 3.22. The summed E-state index contributed by atoms with van der Waals surface area (Å²) in [6.07, 6.45) is -2.05. The number of aliphatic imine (C=N–C) groups is 1. The highest BCUT2D eigenvalue weighted by atomic mass is 127. The molecule has 0 spiro atoms.